The molecule has 2 aromatic rings. The van der Waals surface area contributed by atoms with Gasteiger partial charge in [0.25, 0.3) is 5.91 Å². The highest BCUT2D eigenvalue weighted by Gasteiger charge is 2.40. The topological polar surface area (TPSA) is 42.4 Å². The zero-order chi connectivity index (χ0) is 16.4. The predicted octanol–water partition coefficient (Wildman–Crippen LogP) is 3.70. The Labute approximate surface area is 141 Å². The van der Waals surface area contributed by atoms with Gasteiger partial charge in [0.1, 0.15) is 4.88 Å². The van der Waals surface area contributed by atoms with Gasteiger partial charge in [-0.3, -0.25) is 4.79 Å². The number of thiazole rings is 1. The lowest BCUT2D eigenvalue weighted by Gasteiger charge is -2.27. The van der Waals surface area contributed by atoms with Gasteiger partial charge >= 0.3 is 0 Å². The Kier molecular flexibility index (Phi) is 4.78. The van der Waals surface area contributed by atoms with Crippen molar-refractivity contribution >= 4 is 17.2 Å². The van der Waals surface area contributed by atoms with E-state index in [1.54, 1.807) is 12.6 Å². The fraction of sp³-hybridized carbons (Fsp3) is 0.444. The largest absolute Gasteiger partial charge is 0.378 e. The quantitative estimate of drug-likeness (QED) is 0.858. The van der Waals surface area contributed by atoms with Crippen LogP contribution >= 0.6 is 11.3 Å². The molecule has 2 heterocycles. The van der Waals surface area contributed by atoms with Crippen molar-refractivity contribution in [1.29, 1.82) is 0 Å². The summed E-state index contributed by atoms with van der Waals surface area (Å²) in [5.74, 6) is 0.465. The van der Waals surface area contributed by atoms with E-state index in [0.29, 0.717) is 17.4 Å². The van der Waals surface area contributed by atoms with Crippen LogP contribution in [-0.2, 0) is 11.3 Å². The van der Waals surface area contributed by atoms with E-state index < -0.39 is 0 Å². The van der Waals surface area contributed by atoms with Crippen molar-refractivity contribution in [3.8, 4) is 0 Å². The number of hydrogen-bond acceptors (Lipinski definition) is 4. The Morgan fingerprint density at radius 1 is 1.35 bits per heavy atom. The number of amides is 1. The third-order valence-electron chi connectivity index (χ3n) is 4.67. The molecule has 0 spiro atoms. The highest BCUT2D eigenvalue weighted by atomic mass is 32.1. The lowest BCUT2D eigenvalue weighted by atomic mass is 9.92. The summed E-state index contributed by atoms with van der Waals surface area (Å²) in [6.45, 7) is 4.66. The van der Waals surface area contributed by atoms with Crippen molar-refractivity contribution in [2.24, 2.45) is 0 Å². The first-order valence-electron chi connectivity index (χ1n) is 7.92. The maximum atomic E-state index is 13.0. The van der Waals surface area contributed by atoms with Crippen molar-refractivity contribution < 1.29 is 9.53 Å². The number of likely N-dealkylation sites (tertiary alicyclic amines) is 1. The SMILES string of the molecule is COCc1ncsc1C(=O)N1[C@H](C)C[C@@H](c2ccccc2)[C@H]1C. The van der Waals surface area contributed by atoms with Crippen LogP contribution in [0.15, 0.2) is 35.8 Å². The van der Waals surface area contributed by atoms with Crippen LogP contribution in [0.3, 0.4) is 0 Å². The number of rotatable bonds is 4. The smallest absolute Gasteiger partial charge is 0.266 e. The van der Waals surface area contributed by atoms with Crippen molar-refractivity contribution in [3.63, 3.8) is 0 Å². The monoisotopic (exact) mass is 330 g/mol. The summed E-state index contributed by atoms with van der Waals surface area (Å²) in [6, 6.07) is 10.9. The molecule has 0 saturated carbocycles. The van der Waals surface area contributed by atoms with Crippen LogP contribution in [0.1, 0.15) is 47.1 Å². The first-order valence-corrected chi connectivity index (χ1v) is 8.80. The van der Waals surface area contributed by atoms with E-state index in [0.717, 1.165) is 12.1 Å². The second kappa shape index (κ2) is 6.81. The molecule has 4 nitrogen and oxygen atoms in total. The average molecular weight is 330 g/mol. The van der Waals surface area contributed by atoms with Crippen LogP contribution in [0.25, 0.3) is 0 Å². The molecule has 3 atom stereocenters. The molecule has 0 unspecified atom stereocenters. The Morgan fingerprint density at radius 3 is 2.78 bits per heavy atom. The van der Waals surface area contributed by atoms with Gasteiger partial charge in [0, 0.05) is 25.1 Å². The fourth-order valence-electron chi connectivity index (χ4n) is 3.57. The number of aromatic nitrogens is 1. The summed E-state index contributed by atoms with van der Waals surface area (Å²) >= 11 is 1.40. The second-order valence-corrected chi connectivity index (χ2v) is 6.97. The minimum absolute atomic E-state index is 0.0815. The molecule has 5 heteroatoms. The van der Waals surface area contributed by atoms with E-state index in [1.165, 1.54) is 16.9 Å². The van der Waals surface area contributed by atoms with Gasteiger partial charge in [-0.05, 0) is 25.8 Å². The minimum Gasteiger partial charge on any atom is -0.378 e. The fourth-order valence-corrected chi connectivity index (χ4v) is 4.31. The van der Waals surface area contributed by atoms with Gasteiger partial charge in [-0.1, -0.05) is 30.3 Å². The summed E-state index contributed by atoms with van der Waals surface area (Å²) in [6.07, 6.45) is 0.995. The van der Waals surface area contributed by atoms with Crippen LogP contribution in [-0.4, -0.2) is 35.0 Å². The molecular formula is C18H22N2O2S. The minimum atomic E-state index is 0.0815. The molecule has 0 aliphatic carbocycles. The van der Waals surface area contributed by atoms with Gasteiger partial charge in [0.15, 0.2) is 0 Å². The highest BCUT2D eigenvalue weighted by molar-refractivity contribution is 7.11. The summed E-state index contributed by atoms with van der Waals surface area (Å²) in [4.78, 5) is 20.0. The molecule has 0 radical (unpaired) electrons. The Bertz CT molecular complexity index is 671. The third-order valence-corrected chi connectivity index (χ3v) is 5.53. The number of carbonyl (C=O) groups is 1. The highest BCUT2D eigenvalue weighted by Crippen LogP contribution is 2.38. The molecule has 1 amide bonds. The maximum Gasteiger partial charge on any atom is 0.266 e. The molecule has 1 aromatic carbocycles. The third kappa shape index (κ3) is 3.03. The van der Waals surface area contributed by atoms with Gasteiger partial charge in [0.2, 0.25) is 0 Å². The molecule has 1 aliphatic rings. The van der Waals surface area contributed by atoms with Gasteiger partial charge in [-0.25, -0.2) is 4.98 Å². The van der Waals surface area contributed by atoms with Crippen LogP contribution in [0, 0.1) is 0 Å². The first kappa shape index (κ1) is 16.1. The lowest BCUT2D eigenvalue weighted by Crippen LogP contribution is -2.39. The van der Waals surface area contributed by atoms with Crippen molar-refractivity contribution in [3.05, 3.63) is 52.0 Å². The van der Waals surface area contributed by atoms with Gasteiger partial charge in [0.05, 0.1) is 17.8 Å². The van der Waals surface area contributed by atoms with Crippen LogP contribution < -0.4 is 0 Å². The summed E-state index contributed by atoms with van der Waals surface area (Å²) in [7, 11) is 1.63. The molecule has 0 bridgehead atoms. The number of hydrogen-bond donors (Lipinski definition) is 0. The maximum absolute atomic E-state index is 13.0. The molecule has 1 aliphatic heterocycles. The van der Waals surface area contributed by atoms with E-state index in [-0.39, 0.29) is 18.0 Å². The number of methoxy groups -OCH3 is 1. The lowest BCUT2D eigenvalue weighted by molar-refractivity contribution is 0.0688. The van der Waals surface area contributed by atoms with E-state index >= 15 is 0 Å². The molecule has 1 fully saturated rings. The van der Waals surface area contributed by atoms with E-state index in [1.807, 2.05) is 11.0 Å². The normalized spacial score (nSPS) is 24.1. The van der Waals surface area contributed by atoms with Crippen LogP contribution in [0.5, 0.6) is 0 Å². The number of benzene rings is 1. The predicted molar refractivity (Wildman–Crippen MR) is 91.7 cm³/mol. The summed E-state index contributed by atoms with van der Waals surface area (Å²) in [5, 5.41) is 0. The Hall–Kier alpha value is -1.72. The van der Waals surface area contributed by atoms with Gasteiger partial charge < -0.3 is 9.64 Å². The second-order valence-electron chi connectivity index (χ2n) is 6.12. The number of nitrogens with zero attached hydrogens (tertiary/aromatic N) is 2. The molecule has 122 valence electrons. The van der Waals surface area contributed by atoms with E-state index in [4.69, 9.17) is 4.74 Å². The van der Waals surface area contributed by atoms with E-state index in [9.17, 15) is 4.79 Å². The molecule has 0 N–H and O–H groups in total. The number of ether oxygens (including phenoxy) is 1. The average Bonchev–Trinajstić information content (AvgIpc) is 3.13. The molecule has 23 heavy (non-hydrogen) atoms. The zero-order valence-electron chi connectivity index (χ0n) is 13.7. The Balaban J connectivity index is 1.85. The molecule has 1 aromatic heterocycles. The van der Waals surface area contributed by atoms with Gasteiger partial charge in [-0.15, -0.1) is 11.3 Å². The molecule has 1 saturated heterocycles. The molecule has 3 rings (SSSR count). The van der Waals surface area contributed by atoms with Crippen molar-refractivity contribution in [2.75, 3.05) is 7.11 Å². The first-order chi connectivity index (χ1) is 11.1. The Morgan fingerprint density at radius 2 is 2.09 bits per heavy atom. The number of carbonyl (C=O) groups excluding carboxylic acids is 1. The van der Waals surface area contributed by atoms with E-state index in [2.05, 4.69) is 43.1 Å². The summed E-state index contributed by atoms with van der Waals surface area (Å²) < 4.78 is 5.16. The van der Waals surface area contributed by atoms with Crippen molar-refractivity contribution in [1.82, 2.24) is 9.88 Å². The van der Waals surface area contributed by atoms with Crippen LogP contribution in [0.4, 0.5) is 0 Å². The standard InChI is InChI=1S/C18H22N2O2S/c1-12-9-15(14-7-5-4-6-8-14)13(2)20(12)18(21)17-16(10-22-3)19-11-23-17/h4-8,11-13,15H,9-10H2,1-3H3/t12-,13-,15-/m1/s1. The summed E-state index contributed by atoms with van der Waals surface area (Å²) in [5.41, 5.74) is 3.77. The molecular weight excluding hydrogens is 308 g/mol. The zero-order valence-corrected chi connectivity index (χ0v) is 14.5. The van der Waals surface area contributed by atoms with Gasteiger partial charge in [-0.2, -0.15) is 0 Å². The van der Waals surface area contributed by atoms with Crippen molar-refractivity contribution in [2.45, 2.75) is 44.9 Å². The van der Waals surface area contributed by atoms with Crippen LogP contribution in [0.2, 0.25) is 0 Å².